The van der Waals surface area contributed by atoms with Crippen molar-refractivity contribution in [2.75, 3.05) is 6.26 Å². The van der Waals surface area contributed by atoms with Crippen molar-refractivity contribution >= 4 is 16.8 Å². The topological polar surface area (TPSA) is 29.0 Å². The summed E-state index contributed by atoms with van der Waals surface area (Å²) in [5, 5.41) is 3.92. The summed E-state index contributed by atoms with van der Waals surface area (Å²) >= 11 is 1.87. The average Bonchev–Trinajstić information content (AvgIpc) is 2.38. The minimum atomic E-state index is 0.201. The van der Waals surface area contributed by atoms with E-state index in [1.807, 2.05) is 11.8 Å². The monoisotopic (exact) mass is 251 g/mol. The van der Waals surface area contributed by atoms with Crippen molar-refractivity contribution < 1.29 is 5.32 Å². The van der Waals surface area contributed by atoms with E-state index in [1.165, 1.54) is 62.8 Å². The molecule has 1 aliphatic heterocycles. The van der Waals surface area contributed by atoms with E-state index in [0.717, 1.165) is 0 Å². The zero-order valence-electron chi connectivity index (χ0n) is 10.8. The zero-order valence-corrected chi connectivity index (χ0v) is 11.6. The fourth-order valence-corrected chi connectivity index (χ4v) is 4.30. The van der Waals surface area contributed by atoms with Crippen LogP contribution in [-0.2, 0) is 0 Å². The molecule has 3 aliphatic rings. The van der Waals surface area contributed by atoms with Crippen LogP contribution in [0.15, 0.2) is 16.3 Å². The number of hydrogen-bond donors (Lipinski definition) is 1. The maximum absolute atomic E-state index is 5.14. The van der Waals surface area contributed by atoms with Crippen LogP contribution < -0.4 is 5.32 Å². The molecule has 0 amide bonds. The second-order valence-electron chi connectivity index (χ2n) is 5.64. The normalized spacial score (nSPS) is 27.9. The summed E-state index contributed by atoms with van der Waals surface area (Å²) in [5.41, 5.74) is 3.43. The highest BCUT2D eigenvalue weighted by molar-refractivity contribution is 8.13. The summed E-state index contributed by atoms with van der Waals surface area (Å²) < 4.78 is 0. The van der Waals surface area contributed by atoms with Gasteiger partial charge in [-0.2, -0.15) is 0 Å². The summed E-state index contributed by atoms with van der Waals surface area (Å²) in [6.07, 6.45) is 14.2. The number of quaternary nitrogens is 1. The number of nitrogens with zero attached hydrogens (tertiary/aromatic N) is 1. The molecule has 1 spiro atoms. The number of nitrogens with two attached hydrogens (primary N) is 1. The van der Waals surface area contributed by atoms with E-state index in [-0.39, 0.29) is 5.66 Å². The fourth-order valence-electron chi connectivity index (χ4n) is 3.55. The van der Waals surface area contributed by atoms with Crippen LogP contribution in [0.1, 0.15) is 57.8 Å². The summed E-state index contributed by atoms with van der Waals surface area (Å²) in [6, 6.07) is 0. The molecule has 2 N–H and O–H groups in total. The van der Waals surface area contributed by atoms with Crippen LogP contribution in [0.5, 0.6) is 0 Å². The van der Waals surface area contributed by atoms with E-state index in [1.54, 1.807) is 11.3 Å². The van der Waals surface area contributed by atoms with Gasteiger partial charge in [-0.3, -0.25) is 5.32 Å². The lowest BCUT2D eigenvalue weighted by atomic mass is 9.85. The molecule has 2 nitrogen and oxygen atoms in total. The number of allylic oxidation sites excluding steroid dienone is 1. The molecule has 2 aliphatic carbocycles. The van der Waals surface area contributed by atoms with Gasteiger partial charge in [0.05, 0.1) is 0 Å². The van der Waals surface area contributed by atoms with Crippen molar-refractivity contribution in [3.8, 4) is 0 Å². The number of thioether (sulfide) groups is 1. The second-order valence-corrected chi connectivity index (χ2v) is 6.44. The highest BCUT2D eigenvalue weighted by atomic mass is 32.2. The highest BCUT2D eigenvalue weighted by Crippen LogP contribution is 2.34. The smallest absolute Gasteiger partial charge is 0.194 e. The first-order valence-corrected chi connectivity index (χ1v) is 8.28. The van der Waals surface area contributed by atoms with Gasteiger partial charge < -0.3 is 0 Å². The first kappa shape index (κ1) is 11.8. The standard InChI is InChI=1S/C14H22N2S/c1-17-13-11-7-3-4-8-12(11)15-14(16-13)9-5-2-6-10-14/h15H,2-10H2,1H3/p+1. The number of aliphatic imine (C=N–C) groups is 1. The lowest BCUT2D eigenvalue weighted by Crippen LogP contribution is -2.96. The molecule has 0 unspecified atom stereocenters. The Labute approximate surface area is 108 Å². The van der Waals surface area contributed by atoms with Gasteiger partial charge in [0.2, 0.25) is 0 Å². The van der Waals surface area contributed by atoms with Crippen molar-refractivity contribution in [2.24, 2.45) is 4.99 Å². The summed E-state index contributed by atoms with van der Waals surface area (Å²) in [4.78, 5) is 5.14. The van der Waals surface area contributed by atoms with Gasteiger partial charge in [0.1, 0.15) is 10.7 Å². The molecule has 0 atom stereocenters. The van der Waals surface area contributed by atoms with Crippen LogP contribution >= 0.6 is 11.8 Å². The Hall–Kier alpha value is -0.280. The summed E-state index contributed by atoms with van der Waals surface area (Å²) in [7, 11) is 0. The summed E-state index contributed by atoms with van der Waals surface area (Å²) in [6.45, 7) is 0. The fraction of sp³-hybridized carbons (Fsp3) is 0.786. The quantitative estimate of drug-likeness (QED) is 0.705. The zero-order chi connectivity index (χ0) is 11.7. The van der Waals surface area contributed by atoms with Crippen LogP contribution in [0.3, 0.4) is 0 Å². The van der Waals surface area contributed by atoms with E-state index in [9.17, 15) is 0 Å². The molecule has 3 heteroatoms. The van der Waals surface area contributed by atoms with Gasteiger partial charge in [-0.1, -0.05) is 6.42 Å². The minimum Gasteiger partial charge on any atom is -0.294 e. The molecule has 94 valence electrons. The molecule has 0 bridgehead atoms. The lowest BCUT2D eigenvalue weighted by molar-refractivity contribution is -0.691. The van der Waals surface area contributed by atoms with Gasteiger partial charge in [-0.15, -0.1) is 11.8 Å². The van der Waals surface area contributed by atoms with Crippen LogP contribution in [0, 0.1) is 0 Å². The Kier molecular flexibility index (Phi) is 3.31. The molecule has 1 heterocycles. The SMILES string of the molecule is CSC1=NC2(CCCCC2)[NH2+]C2=C1CCCC2. The van der Waals surface area contributed by atoms with Crippen molar-refractivity contribution in [3.05, 3.63) is 11.3 Å². The largest absolute Gasteiger partial charge is 0.294 e. The van der Waals surface area contributed by atoms with E-state index < -0.39 is 0 Å². The van der Waals surface area contributed by atoms with Gasteiger partial charge >= 0.3 is 0 Å². The van der Waals surface area contributed by atoms with Crippen LogP contribution in [0.25, 0.3) is 0 Å². The maximum atomic E-state index is 5.14. The molecular formula is C14H23N2S+. The molecular weight excluding hydrogens is 228 g/mol. The predicted octanol–water partition coefficient (Wildman–Crippen LogP) is 2.81. The molecule has 3 rings (SSSR count). The Bertz CT molecular complexity index is 364. The molecule has 0 saturated heterocycles. The van der Waals surface area contributed by atoms with E-state index in [4.69, 9.17) is 4.99 Å². The minimum absolute atomic E-state index is 0.201. The molecule has 0 aromatic rings. The van der Waals surface area contributed by atoms with E-state index >= 15 is 0 Å². The van der Waals surface area contributed by atoms with E-state index in [0.29, 0.717) is 0 Å². The highest BCUT2D eigenvalue weighted by Gasteiger charge is 2.41. The lowest BCUT2D eigenvalue weighted by Gasteiger charge is -2.37. The van der Waals surface area contributed by atoms with Gasteiger partial charge in [0.25, 0.3) is 0 Å². The van der Waals surface area contributed by atoms with Gasteiger partial charge in [-0.25, -0.2) is 4.99 Å². The van der Waals surface area contributed by atoms with Crippen LogP contribution in [0.4, 0.5) is 0 Å². The second kappa shape index (κ2) is 4.77. The van der Waals surface area contributed by atoms with Gasteiger partial charge in [0.15, 0.2) is 5.66 Å². The third kappa shape index (κ3) is 2.19. The Balaban J connectivity index is 1.92. The van der Waals surface area contributed by atoms with Crippen molar-refractivity contribution in [1.82, 2.24) is 0 Å². The number of rotatable bonds is 0. The number of hydrogen-bond acceptors (Lipinski definition) is 2. The predicted molar refractivity (Wildman–Crippen MR) is 74.2 cm³/mol. The molecule has 1 fully saturated rings. The van der Waals surface area contributed by atoms with Crippen molar-refractivity contribution in [1.29, 1.82) is 0 Å². The third-order valence-corrected chi connectivity index (χ3v) is 5.17. The van der Waals surface area contributed by atoms with Crippen LogP contribution in [-0.4, -0.2) is 17.0 Å². The first-order chi connectivity index (χ1) is 8.33. The van der Waals surface area contributed by atoms with Crippen LogP contribution in [0.2, 0.25) is 0 Å². The average molecular weight is 251 g/mol. The molecule has 0 aromatic carbocycles. The third-order valence-electron chi connectivity index (χ3n) is 4.45. The molecule has 17 heavy (non-hydrogen) atoms. The Morgan fingerprint density at radius 2 is 1.82 bits per heavy atom. The molecule has 0 radical (unpaired) electrons. The first-order valence-electron chi connectivity index (χ1n) is 7.05. The molecule has 1 saturated carbocycles. The molecule has 0 aromatic heterocycles. The van der Waals surface area contributed by atoms with Gasteiger partial charge in [-0.05, 0) is 38.4 Å². The summed E-state index contributed by atoms with van der Waals surface area (Å²) in [5.74, 6) is 0. The van der Waals surface area contributed by atoms with Gasteiger partial charge in [0, 0.05) is 24.8 Å². The van der Waals surface area contributed by atoms with Crippen molar-refractivity contribution in [2.45, 2.75) is 63.5 Å². The Morgan fingerprint density at radius 1 is 1.06 bits per heavy atom. The Morgan fingerprint density at radius 3 is 2.59 bits per heavy atom. The van der Waals surface area contributed by atoms with E-state index in [2.05, 4.69) is 11.6 Å². The maximum Gasteiger partial charge on any atom is 0.194 e. The van der Waals surface area contributed by atoms with Crippen molar-refractivity contribution in [3.63, 3.8) is 0 Å².